The molecule has 0 atom stereocenters. The molecule has 5 aromatic rings. The number of hydrogen-bond donors (Lipinski definition) is 1. The summed E-state index contributed by atoms with van der Waals surface area (Å²) in [5.74, 6) is -0.836. The van der Waals surface area contributed by atoms with Crippen LogP contribution in [0.25, 0.3) is 44.4 Å². The molecule has 1 amide bonds. The van der Waals surface area contributed by atoms with Gasteiger partial charge in [-0.05, 0) is 59.7 Å². The van der Waals surface area contributed by atoms with Gasteiger partial charge >= 0.3 is 5.91 Å². The summed E-state index contributed by atoms with van der Waals surface area (Å²) >= 11 is 0. The van der Waals surface area contributed by atoms with Gasteiger partial charge in [-0.25, -0.2) is 4.39 Å². The normalized spacial score (nSPS) is 10.7. The van der Waals surface area contributed by atoms with Crippen molar-refractivity contribution in [1.29, 1.82) is 5.26 Å². The molecule has 0 spiro atoms. The molecule has 6 nitrogen and oxygen atoms in total. The summed E-state index contributed by atoms with van der Waals surface area (Å²) in [5.41, 5.74) is 5.82. The highest BCUT2D eigenvalue weighted by Crippen LogP contribution is 2.41. The predicted molar refractivity (Wildman–Crippen MR) is 136 cm³/mol. The number of benzene rings is 4. The van der Waals surface area contributed by atoms with Crippen LogP contribution in [0.3, 0.4) is 0 Å². The van der Waals surface area contributed by atoms with Crippen LogP contribution in [0.1, 0.15) is 15.9 Å². The SMILES string of the molecule is COc1cc(C(=O)N=O)ccc1-c1cccc(-c2[nH]c3ccc(F)cc3c2-c2ccccc2C#N)c1. The van der Waals surface area contributed by atoms with Gasteiger partial charge in [-0.2, -0.15) is 5.26 Å². The highest BCUT2D eigenvalue weighted by atomic mass is 19.1. The summed E-state index contributed by atoms with van der Waals surface area (Å²) in [7, 11) is 1.48. The molecule has 0 bridgehead atoms. The van der Waals surface area contributed by atoms with E-state index in [9.17, 15) is 19.4 Å². The number of nitrogens with zero attached hydrogens (tertiary/aromatic N) is 2. The topological polar surface area (TPSA) is 95.3 Å². The number of aromatic amines is 1. The van der Waals surface area contributed by atoms with Crippen LogP contribution in [0.15, 0.2) is 90.1 Å². The van der Waals surface area contributed by atoms with Crippen LogP contribution in [-0.2, 0) is 0 Å². The smallest absolute Gasteiger partial charge is 0.316 e. The van der Waals surface area contributed by atoms with Gasteiger partial charge < -0.3 is 9.72 Å². The Balaban J connectivity index is 1.73. The van der Waals surface area contributed by atoms with E-state index in [1.54, 1.807) is 24.3 Å². The quantitative estimate of drug-likeness (QED) is 0.274. The van der Waals surface area contributed by atoms with E-state index in [4.69, 9.17) is 4.74 Å². The van der Waals surface area contributed by atoms with Crippen molar-refractivity contribution in [1.82, 2.24) is 4.98 Å². The third-order valence-corrected chi connectivity index (χ3v) is 6.07. The molecule has 4 aromatic carbocycles. The molecule has 0 unspecified atom stereocenters. The maximum Gasteiger partial charge on any atom is 0.316 e. The Morgan fingerprint density at radius 2 is 1.75 bits per heavy atom. The molecular weight excluding hydrogens is 457 g/mol. The number of H-pyrrole nitrogens is 1. The fourth-order valence-electron chi connectivity index (χ4n) is 4.42. The zero-order valence-corrected chi connectivity index (χ0v) is 19.1. The van der Waals surface area contributed by atoms with Crippen LogP contribution in [0.4, 0.5) is 4.39 Å². The van der Waals surface area contributed by atoms with Crippen LogP contribution in [0, 0.1) is 22.1 Å². The van der Waals surface area contributed by atoms with Crippen molar-refractivity contribution in [2.24, 2.45) is 5.18 Å². The summed E-state index contributed by atoms with van der Waals surface area (Å²) < 4.78 is 19.8. The highest BCUT2D eigenvalue weighted by molar-refractivity contribution is 6.05. The van der Waals surface area contributed by atoms with Gasteiger partial charge in [-0.15, -0.1) is 4.91 Å². The van der Waals surface area contributed by atoms with E-state index in [0.29, 0.717) is 27.8 Å². The molecule has 5 rings (SSSR count). The maximum atomic E-state index is 14.3. The number of fused-ring (bicyclic) bond motifs is 1. The van der Waals surface area contributed by atoms with Crippen molar-refractivity contribution in [3.8, 4) is 45.3 Å². The van der Waals surface area contributed by atoms with Gasteiger partial charge in [-0.3, -0.25) is 4.79 Å². The van der Waals surface area contributed by atoms with E-state index < -0.39 is 5.91 Å². The molecule has 174 valence electrons. The average molecular weight is 475 g/mol. The molecule has 36 heavy (non-hydrogen) atoms. The second-order valence-electron chi connectivity index (χ2n) is 8.11. The molecule has 0 radical (unpaired) electrons. The van der Waals surface area contributed by atoms with Gasteiger partial charge in [0, 0.05) is 38.3 Å². The zero-order chi connectivity index (χ0) is 25.2. The minimum absolute atomic E-state index is 0.134. The molecule has 0 fully saturated rings. The number of methoxy groups -OCH3 is 1. The lowest BCUT2D eigenvalue weighted by atomic mass is 9.93. The fourth-order valence-corrected chi connectivity index (χ4v) is 4.42. The number of carbonyl (C=O) groups excluding carboxylic acids is 1. The van der Waals surface area contributed by atoms with Gasteiger partial charge in [0.25, 0.3) is 0 Å². The van der Waals surface area contributed by atoms with Gasteiger partial charge in [0.1, 0.15) is 11.6 Å². The minimum Gasteiger partial charge on any atom is -0.496 e. The Bertz CT molecular complexity index is 1700. The number of rotatable bonds is 5. The lowest BCUT2D eigenvalue weighted by Crippen LogP contribution is -1.96. The number of nitroso groups, excluding NO2 is 1. The number of carbonyl (C=O) groups is 1. The van der Waals surface area contributed by atoms with Gasteiger partial charge in [0.2, 0.25) is 0 Å². The average Bonchev–Trinajstić information content (AvgIpc) is 3.30. The second kappa shape index (κ2) is 9.28. The summed E-state index contributed by atoms with van der Waals surface area (Å²) in [4.78, 5) is 25.8. The van der Waals surface area contributed by atoms with Crippen LogP contribution < -0.4 is 4.74 Å². The monoisotopic (exact) mass is 475 g/mol. The number of halogens is 1. The number of hydrogen-bond acceptors (Lipinski definition) is 4. The van der Waals surface area contributed by atoms with Crippen molar-refractivity contribution in [3.05, 3.63) is 107 Å². The minimum atomic E-state index is -0.875. The van der Waals surface area contributed by atoms with E-state index in [1.165, 1.54) is 31.4 Å². The van der Waals surface area contributed by atoms with Crippen molar-refractivity contribution < 1.29 is 13.9 Å². The maximum absolute atomic E-state index is 14.3. The summed E-state index contributed by atoms with van der Waals surface area (Å²) in [5, 5.41) is 12.9. The summed E-state index contributed by atoms with van der Waals surface area (Å²) in [6.45, 7) is 0. The molecule has 0 aliphatic heterocycles. The molecule has 0 saturated carbocycles. The third kappa shape index (κ3) is 3.91. The first kappa shape index (κ1) is 22.7. The molecule has 1 N–H and O–H groups in total. The lowest BCUT2D eigenvalue weighted by molar-refractivity contribution is 0.100. The number of amides is 1. The lowest BCUT2D eigenvalue weighted by Gasteiger charge is -2.12. The van der Waals surface area contributed by atoms with Crippen LogP contribution in [0.2, 0.25) is 0 Å². The van der Waals surface area contributed by atoms with Crippen molar-refractivity contribution in [2.75, 3.05) is 7.11 Å². The Kier molecular flexibility index (Phi) is 5.85. The molecule has 0 aliphatic carbocycles. The second-order valence-corrected chi connectivity index (χ2v) is 8.11. The van der Waals surface area contributed by atoms with Crippen molar-refractivity contribution >= 4 is 16.8 Å². The summed E-state index contributed by atoms with van der Waals surface area (Å²) in [6.07, 6.45) is 0. The van der Waals surface area contributed by atoms with Crippen LogP contribution in [0.5, 0.6) is 5.75 Å². The molecule has 0 aliphatic rings. The molecule has 0 saturated heterocycles. The molecule has 1 heterocycles. The van der Waals surface area contributed by atoms with Crippen molar-refractivity contribution in [2.45, 2.75) is 0 Å². The number of ether oxygens (including phenoxy) is 1. The standard InChI is InChI=1S/C29H18FN3O3/c1-36-26-14-19(29(34)33-35)9-11-22(26)17-6-4-7-18(13-17)28-27(23-8-3-2-5-20(23)16-31)24-15-21(30)10-12-25(24)32-28/h2-15,32H,1H3. The highest BCUT2D eigenvalue weighted by Gasteiger charge is 2.19. The fraction of sp³-hybridized carbons (Fsp3) is 0.0345. The van der Waals surface area contributed by atoms with Gasteiger partial charge in [0.05, 0.1) is 24.4 Å². The van der Waals surface area contributed by atoms with Crippen LogP contribution >= 0.6 is 0 Å². The summed E-state index contributed by atoms with van der Waals surface area (Å²) in [6, 6.07) is 26.3. The van der Waals surface area contributed by atoms with E-state index >= 15 is 0 Å². The first-order valence-corrected chi connectivity index (χ1v) is 11.0. The number of nitriles is 1. The molecular formula is C29H18FN3O3. The number of aromatic nitrogens is 1. The Morgan fingerprint density at radius 1 is 0.944 bits per heavy atom. The van der Waals surface area contributed by atoms with Gasteiger partial charge in [0.15, 0.2) is 0 Å². The van der Waals surface area contributed by atoms with E-state index in [2.05, 4.69) is 16.2 Å². The predicted octanol–water partition coefficient (Wildman–Crippen LogP) is 7.09. The van der Waals surface area contributed by atoms with Crippen molar-refractivity contribution in [3.63, 3.8) is 0 Å². The van der Waals surface area contributed by atoms with Gasteiger partial charge in [-0.1, -0.05) is 36.4 Å². The Morgan fingerprint density at radius 3 is 2.53 bits per heavy atom. The number of nitrogens with one attached hydrogen (secondary N) is 1. The van der Waals surface area contributed by atoms with E-state index in [1.807, 2.05) is 36.4 Å². The Hall–Kier alpha value is -5.09. The van der Waals surface area contributed by atoms with Crippen LogP contribution in [-0.4, -0.2) is 18.0 Å². The first-order valence-electron chi connectivity index (χ1n) is 11.0. The third-order valence-electron chi connectivity index (χ3n) is 6.07. The first-order chi connectivity index (χ1) is 17.5. The Labute approximate surface area is 205 Å². The molecule has 7 heteroatoms. The largest absolute Gasteiger partial charge is 0.496 e. The zero-order valence-electron chi connectivity index (χ0n) is 19.1. The van der Waals surface area contributed by atoms with E-state index in [0.717, 1.165) is 27.9 Å². The van der Waals surface area contributed by atoms with E-state index in [-0.39, 0.29) is 11.4 Å². The molecule has 1 aromatic heterocycles.